The summed E-state index contributed by atoms with van der Waals surface area (Å²) in [5.41, 5.74) is 6.36. The van der Waals surface area contributed by atoms with Gasteiger partial charge in [0.15, 0.2) is 0 Å². The Labute approximate surface area is 218 Å². The molecule has 0 saturated carbocycles. The lowest BCUT2D eigenvalue weighted by Gasteiger charge is -2.32. The molecule has 1 saturated heterocycles. The van der Waals surface area contributed by atoms with Gasteiger partial charge in [0.25, 0.3) is 0 Å². The van der Waals surface area contributed by atoms with Crippen LogP contribution in [-0.4, -0.2) is 53.2 Å². The molecule has 2 aliphatic rings. The molecule has 2 aromatic heterocycles. The first-order valence-electron chi connectivity index (χ1n) is 12.8. The van der Waals surface area contributed by atoms with E-state index in [1.165, 1.54) is 9.54 Å². The summed E-state index contributed by atoms with van der Waals surface area (Å²) in [7, 11) is -3.68. The van der Waals surface area contributed by atoms with Gasteiger partial charge in [-0.3, -0.25) is 8.87 Å². The van der Waals surface area contributed by atoms with Crippen LogP contribution in [0.15, 0.2) is 91.4 Å². The van der Waals surface area contributed by atoms with E-state index in [0.717, 1.165) is 65.9 Å². The fourth-order valence-electron chi connectivity index (χ4n) is 5.46. The SMILES string of the molecule is CC1(S(=O)(=O)n2cccc2)C=C(c2ccc(CN3CCNCC3)cc2)C=C(c2ccc3[nH]ccc3c2)C1. The molecule has 1 atom stereocenters. The van der Waals surface area contributed by atoms with Crippen molar-refractivity contribution < 1.29 is 8.42 Å². The molecule has 37 heavy (non-hydrogen) atoms. The maximum atomic E-state index is 13.8. The molecule has 0 spiro atoms. The van der Waals surface area contributed by atoms with Crippen molar-refractivity contribution in [3.05, 3.63) is 108 Å². The summed E-state index contributed by atoms with van der Waals surface area (Å²) in [6, 6.07) is 20.4. The predicted octanol–water partition coefficient (Wildman–Crippen LogP) is 4.88. The molecule has 4 aromatic rings. The van der Waals surface area contributed by atoms with Crippen LogP contribution in [0, 0.1) is 0 Å². The Morgan fingerprint density at radius 2 is 1.68 bits per heavy atom. The molecule has 0 radical (unpaired) electrons. The first-order chi connectivity index (χ1) is 17.9. The molecule has 0 amide bonds. The average Bonchev–Trinajstić information content (AvgIpc) is 3.62. The molecule has 1 fully saturated rings. The Kier molecular flexibility index (Phi) is 6.15. The highest BCUT2D eigenvalue weighted by atomic mass is 32.2. The van der Waals surface area contributed by atoms with Crippen LogP contribution in [0.4, 0.5) is 0 Å². The molecule has 1 aliphatic carbocycles. The van der Waals surface area contributed by atoms with Crippen molar-refractivity contribution in [3.63, 3.8) is 0 Å². The number of hydrogen-bond donors (Lipinski definition) is 2. The lowest BCUT2D eigenvalue weighted by molar-refractivity contribution is 0.233. The second-order valence-electron chi connectivity index (χ2n) is 10.3. The lowest BCUT2D eigenvalue weighted by atomic mass is 9.84. The summed E-state index contributed by atoms with van der Waals surface area (Å²) in [6.07, 6.45) is 9.65. The van der Waals surface area contributed by atoms with Crippen LogP contribution in [-0.2, 0) is 16.6 Å². The maximum Gasteiger partial charge on any atom is 0.247 e. The summed E-state index contributed by atoms with van der Waals surface area (Å²) < 4.78 is 27.9. The van der Waals surface area contributed by atoms with Crippen molar-refractivity contribution in [1.29, 1.82) is 0 Å². The van der Waals surface area contributed by atoms with Gasteiger partial charge in [0.1, 0.15) is 4.75 Å². The van der Waals surface area contributed by atoms with Gasteiger partial charge in [0.2, 0.25) is 10.0 Å². The number of fused-ring (bicyclic) bond motifs is 1. The Bertz CT molecular complexity index is 1570. The van der Waals surface area contributed by atoms with E-state index < -0.39 is 14.8 Å². The second kappa shape index (κ2) is 9.49. The van der Waals surface area contributed by atoms with Crippen molar-refractivity contribution in [2.75, 3.05) is 26.2 Å². The Balaban J connectivity index is 1.39. The lowest BCUT2D eigenvalue weighted by Crippen LogP contribution is -2.42. The highest BCUT2D eigenvalue weighted by molar-refractivity contribution is 7.91. The molecular weight excluding hydrogens is 480 g/mol. The van der Waals surface area contributed by atoms with Crippen LogP contribution >= 0.6 is 0 Å². The maximum absolute atomic E-state index is 13.8. The van der Waals surface area contributed by atoms with Crippen LogP contribution in [0.25, 0.3) is 22.0 Å². The Morgan fingerprint density at radius 1 is 0.946 bits per heavy atom. The van der Waals surface area contributed by atoms with Crippen LogP contribution in [0.5, 0.6) is 0 Å². The predicted molar refractivity (Wildman–Crippen MR) is 151 cm³/mol. The number of nitrogens with one attached hydrogen (secondary N) is 2. The van der Waals surface area contributed by atoms with Crippen molar-refractivity contribution in [2.24, 2.45) is 0 Å². The number of hydrogen-bond acceptors (Lipinski definition) is 4. The zero-order chi connectivity index (χ0) is 25.5. The van der Waals surface area contributed by atoms with Gasteiger partial charge in [0.05, 0.1) is 0 Å². The second-order valence-corrected chi connectivity index (χ2v) is 12.6. The smallest absolute Gasteiger partial charge is 0.247 e. The van der Waals surface area contributed by atoms with Crippen molar-refractivity contribution in [1.82, 2.24) is 19.2 Å². The number of rotatable bonds is 6. The van der Waals surface area contributed by atoms with E-state index in [2.05, 4.69) is 63.7 Å². The van der Waals surface area contributed by atoms with Gasteiger partial charge in [-0.05, 0) is 76.9 Å². The quantitative estimate of drug-likeness (QED) is 0.386. The first-order valence-corrected chi connectivity index (χ1v) is 14.3. The fraction of sp³-hybridized carbons (Fsp3) is 0.267. The standard InChI is InChI=1S/C30H32N4O2S/c1-30(37(35,36)34-14-2-3-15-34)20-27(19-28(21-30)25-8-9-29-26(18-25)10-11-32-29)24-6-4-23(5-7-24)22-33-16-12-31-13-17-33/h2-11,14-15,18-20,31-32H,12-13,16-17,21-22H2,1H3. The van der Waals surface area contributed by atoms with Gasteiger partial charge in [-0.2, -0.15) is 0 Å². The van der Waals surface area contributed by atoms with E-state index in [9.17, 15) is 8.42 Å². The fourth-order valence-corrected chi connectivity index (χ4v) is 7.02. The van der Waals surface area contributed by atoms with E-state index in [1.807, 2.05) is 25.3 Å². The van der Waals surface area contributed by atoms with E-state index in [1.54, 1.807) is 24.5 Å². The number of aromatic amines is 1. The third-order valence-corrected chi connectivity index (χ3v) is 9.84. The van der Waals surface area contributed by atoms with E-state index >= 15 is 0 Å². The normalized spacial score (nSPS) is 21.1. The molecule has 2 N–H and O–H groups in total. The van der Waals surface area contributed by atoms with Gasteiger partial charge in [-0.15, -0.1) is 0 Å². The summed E-state index contributed by atoms with van der Waals surface area (Å²) in [4.78, 5) is 5.70. The Morgan fingerprint density at radius 3 is 2.43 bits per heavy atom. The van der Waals surface area contributed by atoms with Gasteiger partial charge >= 0.3 is 0 Å². The third kappa shape index (κ3) is 4.59. The van der Waals surface area contributed by atoms with E-state index in [-0.39, 0.29) is 0 Å². The molecule has 0 bridgehead atoms. The summed E-state index contributed by atoms with van der Waals surface area (Å²) in [5.74, 6) is 0. The molecule has 6 nitrogen and oxygen atoms in total. The summed E-state index contributed by atoms with van der Waals surface area (Å²) in [6.45, 7) is 6.94. The minimum atomic E-state index is -3.68. The number of nitrogens with zero attached hydrogens (tertiary/aromatic N) is 2. The highest BCUT2D eigenvalue weighted by Crippen LogP contribution is 2.41. The summed E-state index contributed by atoms with van der Waals surface area (Å²) >= 11 is 0. The van der Waals surface area contributed by atoms with Crippen molar-refractivity contribution in [2.45, 2.75) is 24.6 Å². The first kappa shape index (κ1) is 24.0. The molecule has 3 heterocycles. The molecule has 6 rings (SSSR count). The monoisotopic (exact) mass is 512 g/mol. The molecule has 1 aliphatic heterocycles. The van der Waals surface area contributed by atoms with Gasteiger partial charge in [0, 0.05) is 56.8 Å². The van der Waals surface area contributed by atoms with Crippen LogP contribution in [0.1, 0.15) is 30.0 Å². The highest BCUT2D eigenvalue weighted by Gasteiger charge is 2.41. The van der Waals surface area contributed by atoms with E-state index in [0.29, 0.717) is 6.42 Å². The largest absolute Gasteiger partial charge is 0.361 e. The third-order valence-electron chi connectivity index (χ3n) is 7.60. The minimum absolute atomic E-state index is 0.397. The molecule has 2 aromatic carbocycles. The zero-order valence-electron chi connectivity index (χ0n) is 21.0. The van der Waals surface area contributed by atoms with Gasteiger partial charge in [-0.25, -0.2) is 8.42 Å². The number of piperazine rings is 1. The number of benzene rings is 2. The average molecular weight is 513 g/mol. The van der Waals surface area contributed by atoms with Crippen molar-refractivity contribution >= 4 is 32.1 Å². The molecule has 1 unspecified atom stereocenters. The molecule has 190 valence electrons. The summed E-state index contributed by atoms with van der Waals surface area (Å²) in [5, 5.41) is 4.51. The molecule has 7 heteroatoms. The van der Waals surface area contributed by atoms with Crippen LogP contribution < -0.4 is 5.32 Å². The number of aromatic nitrogens is 2. The van der Waals surface area contributed by atoms with Crippen LogP contribution in [0.3, 0.4) is 0 Å². The van der Waals surface area contributed by atoms with Gasteiger partial charge in [-0.1, -0.05) is 42.5 Å². The zero-order valence-corrected chi connectivity index (χ0v) is 21.8. The van der Waals surface area contributed by atoms with E-state index in [4.69, 9.17) is 0 Å². The number of allylic oxidation sites excluding steroid dienone is 3. The molecular formula is C30H32N4O2S. The van der Waals surface area contributed by atoms with Crippen LogP contribution in [0.2, 0.25) is 0 Å². The Hall–Kier alpha value is -3.39. The number of H-pyrrole nitrogens is 1. The van der Waals surface area contributed by atoms with Gasteiger partial charge < -0.3 is 10.3 Å². The topological polar surface area (TPSA) is 70.1 Å². The minimum Gasteiger partial charge on any atom is -0.361 e. The van der Waals surface area contributed by atoms with Crippen molar-refractivity contribution in [3.8, 4) is 0 Å².